The van der Waals surface area contributed by atoms with E-state index in [-0.39, 0.29) is 38.7 Å². The molecule has 2 aromatic carbocycles. The van der Waals surface area contributed by atoms with E-state index in [1.165, 1.54) is 16.7 Å². The van der Waals surface area contributed by atoms with E-state index in [2.05, 4.69) is 62.5 Å². The van der Waals surface area contributed by atoms with E-state index < -0.39 is 0 Å². The summed E-state index contributed by atoms with van der Waals surface area (Å²) in [6, 6.07) is 16.0. The molecule has 1 radical (unpaired) electrons. The molecule has 0 spiro atoms. The normalized spacial score (nSPS) is 10.9. The summed E-state index contributed by atoms with van der Waals surface area (Å²) in [4.78, 5) is 12.3. The van der Waals surface area contributed by atoms with E-state index in [0.717, 1.165) is 36.9 Å². The first-order valence-corrected chi connectivity index (χ1v) is 9.73. The third-order valence-corrected chi connectivity index (χ3v) is 4.33. The number of carbonyl (C=O) groups excluding carboxylic acids is 1. The number of ether oxygens (including phenoxy) is 1. The van der Waals surface area contributed by atoms with E-state index in [1.54, 1.807) is 0 Å². The average molecular weight is 453 g/mol. The number of carbonyl (C=O) groups is 1. The zero-order valence-corrected chi connectivity index (χ0v) is 20.3. The van der Waals surface area contributed by atoms with Gasteiger partial charge in [0.15, 0.2) is 0 Å². The van der Waals surface area contributed by atoms with Crippen molar-refractivity contribution in [3.8, 4) is 0 Å². The van der Waals surface area contributed by atoms with Crippen LogP contribution in [0.15, 0.2) is 42.1 Å². The van der Waals surface area contributed by atoms with Gasteiger partial charge in [-0.3, -0.25) is 0 Å². The number of esters is 1. The van der Waals surface area contributed by atoms with Gasteiger partial charge in [0, 0.05) is 39.3 Å². The molecule has 0 aliphatic rings. The quantitative estimate of drug-likeness (QED) is 0.331. The Morgan fingerprint density at radius 1 is 1.14 bits per heavy atom. The summed E-state index contributed by atoms with van der Waals surface area (Å²) in [6.07, 6.45) is 4.47. The van der Waals surface area contributed by atoms with Crippen molar-refractivity contribution in [3.63, 3.8) is 0 Å². The largest absolute Gasteiger partial charge is 0.461 e. The Morgan fingerprint density at radius 3 is 2.50 bits per heavy atom. The van der Waals surface area contributed by atoms with Gasteiger partial charge < -0.3 is 10.1 Å². The summed E-state index contributed by atoms with van der Waals surface area (Å²) in [5.74, 6) is -0.300. The molecule has 0 unspecified atom stereocenters. The molecule has 0 amide bonds. The second-order valence-corrected chi connectivity index (χ2v) is 6.87. The summed E-state index contributed by atoms with van der Waals surface area (Å²) in [7, 11) is 0. The number of benzene rings is 2. The Morgan fingerprint density at radius 2 is 1.86 bits per heavy atom. The maximum Gasteiger partial charge on any atom is 0.353 e. The SMILES string of the molecule is CCCN/C(=C\c1c[c-]c(C)c(Cc2ccc(C)cc2)c1)C(=O)OCCC.[Y]. The van der Waals surface area contributed by atoms with E-state index in [1.807, 2.05) is 19.1 Å². The number of nitrogens with one attached hydrogen (secondary N) is 1. The zero-order valence-electron chi connectivity index (χ0n) is 17.5. The van der Waals surface area contributed by atoms with Crippen molar-refractivity contribution < 1.29 is 42.2 Å². The molecule has 1 N–H and O–H groups in total. The van der Waals surface area contributed by atoms with Crippen LogP contribution < -0.4 is 5.32 Å². The number of hydrogen-bond acceptors (Lipinski definition) is 3. The Bertz CT molecular complexity index is 782. The van der Waals surface area contributed by atoms with Crippen molar-refractivity contribution in [2.24, 2.45) is 0 Å². The summed E-state index contributed by atoms with van der Waals surface area (Å²) in [5, 5.41) is 3.19. The minimum atomic E-state index is -0.300. The predicted molar refractivity (Wildman–Crippen MR) is 112 cm³/mol. The standard InChI is InChI=1S/C24H30NO2.Y/c1-5-13-25-23(24(26)27-14-6-2)17-21-12-9-19(4)22(16-21)15-20-10-7-18(3)8-11-20;/h7-8,10-12,16-17,25H,5-6,13-15H2,1-4H3;/q-1;/b23-17-;. The van der Waals surface area contributed by atoms with Crippen molar-refractivity contribution in [2.45, 2.75) is 47.0 Å². The molecule has 147 valence electrons. The van der Waals surface area contributed by atoms with Crippen LogP contribution in [0, 0.1) is 19.9 Å². The molecule has 2 aromatic rings. The van der Waals surface area contributed by atoms with Crippen LogP contribution >= 0.6 is 0 Å². The van der Waals surface area contributed by atoms with Gasteiger partial charge >= 0.3 is 5.97 Å². The molecule has 0 saturated carbocycles. The minimum Gasteiger partial charge on any atom is -0.461 e. The fraction of sp³-hybridized carbons (Fsp3) is 0.375. The van der Waals surface area contributed by atoms with Gasteiger partial charge in [0.05, 0.1) is 6.61 Å². The van der Waals surface area contributed by atoms with E-state index in [9.17, 15) is 4.79 Å². The summed E-state index contributed by atoms with van der Waals surface area (Å²) < 4.78 is 5.30. The molecule has 0 bridgehead atoms. The first kappa shape index (κ1) is 24.6. The van der Waals surface area contributed by atoms with E-state index in [4.69, 9.17) is 4.74 Å². The van der Waals surface area contributed by atoms with Crippen LogP contribution in [0.25, 0.3) is 6.08 Å². The van der Waals surface area contributed by atoms with Crippen molar-refractivity contribution in [1.29, 1.82) is 0 Å². The number of aryl methyl sites for hydroxylation is 2. The Kier molecular flexibility index (Phi) is 11.3. The van der Waals surface area contributed by atoms with Crippen molar-refractivity contribution in [3.05, 3.63) is 76.0 Å². The molecular weight excluding hydrogens is 423 g/mol. The van der Waals surface area contributed by atoms with Crippen LogP contribution in [0.4, 0.5) is 0 Å². The predicted octanol–water partition coefficient (Wildman–Crippen LogP) is 4.99. The van der Waals surface area contributed by atoms with Crippen LogP contribution in [0.5, 0.6) is 0 Å². The Labute approximate surface area is 194 Å². The maximum atomic E-state index is 12.3. The van der Waals surface area contributed by atoms with Gasteiger partial charge in [-0.1, -0.05) is 62.2 Å². The first-order chi connectivity index (χ1) is 13.0. The maximum absolute atomic E-state index is 12.3. The average Bonchev–Trinajstić information content (AvgIpc) is 2.67. The number of rotatable bonds is 9. The van der Waals surface area contributed by atoms with Crippen LogP contribution in [0.2, 0.25) is 0 Å². The minimum absolute atomic E-state index is 0. The van der Waals surface area contributed by atoms with E-state index >= 15 is 0 Å². The van der Waals surface area contributed by atoms with Crippen LogP contribution in [0.3, 0.4) is 0 Å². The van der Waals surface area contributed by atoms with Gasteiger partial charge in [-0.15, -0.1) is 11.1 Å². The molecule has 0 heterocycles. The van der Waals surface area contributed by atoms with Crippen LogP contribution in [0.1, 0.15) is 54.5 Å². The van der Waals surface area contributed by atoms with Crippen molar-refractivity contribution >= 4 is 12.0 Å². The monoisotopic (exact) mass is 453 g/mol. The Balaban J connectivity index is 0.00000392. The molecule has 0 atom stereocenters. The molecule has 4 heteroatoms. The van der Waals surface area contributed by atoms with Gasteiger partial charge in [-0.2, -0.15) is 23.8 Å². The zero-order chi connectivity index (χ0) is 19.6. The molecule has 0 fully saturated rings. The number of hydrogen-bond donors (Lipinski definition) is 1. The molecule has 3 nitrogen and oxygen atoms in total. The second kappa shape index (κ2) is 12.9. The van der Waals surface area contributed by atoms with E-state index in [0.29, 0.717) is 12.3 Å². The topological polar surface area (TPSA) is 38.3 Å². The summed E-state index contributed by atoms with van der Waals surface area (Å²) >= 11 is 0. The first-order valence-electron chi connectivity index (χ1n) is 9.73. The molecule has 0 aliphatic heterocycles. The molecule has 2 rings (SSSR count). The summed E-state index contributed by atoms with van der Waals surface area (Å²) in [6.45, 7) is 9.39. The van der Waals surface area contributed by atoms with Gasteiger partial charge in [-0.05, 0) is 26.2 Å². The fourth-order valence-electron chi connectivity index (χ4n) is 2.71. The van der Waals surface area contributed by atoms with Crippen LogP contribution in [-0.2, 0) is 48.7 Å². The fourth-order valence-corrected chi connectivity index (χ4v) is 2.71. The van der Waals surface area contributed by atoms with Gasteiger partial charge in [0.25, 0.3) is 0 Å². The molecule has 0 saturated heterocycles. The molecular formula is C24H30NO2Y-. The molecule has 28 heavy (non-hydrogen) atoms. The van der Waals surface area contributed by atoms with Gasteiger partial charge in [0.2, 0.25) is 0 Å². The van der Waals surface area contributed by atoms with Gasteiger partial charge in [-0.25, -0.2) is 4.79 Å². The van der Waals surface area contributed by atoms with Gasteiger partial charge in [0.1, 0.15) is 5.70 Å². The third kappa shape index (κ3) is 7.89. The Hall–Kier alpha value is -1.45. The molecule has 0 aliphatic carbocycles. The second-order valence-electron chi connectivity index (χ2n) is 6.87. The van der Waals surface area contributed by atoms with Crippen molar-refractivity contribution in [1.82, 2.24) is 5.32 Å². The smallest absolute Gasteiger partial charge is 0.353 e. The molecule has 0 aromatic heterocycles. The third-order valence-electron chi connectivity index (χ3n) is 4.33. The summed E-state index contributed by atoms with van der Waals surface area (Å²) in [5.41, 5.74) is 6.33. The van der Waals surface area contributed by atoms with Crippen LogP contribution in [-0.4, -0.2) is 19.1 Å². The van der Waals surface area contributed by atoms with Crippen molar-refractivity contribution in [2.75, 3.05) is 13.2 Å².